The van der Waals surface area contributed by atoms with E-state index in [9.17, 15) is 9.59 Å². The molecule has 0 atom stereocenters. The summed E-state index contributed by atoms with van der Waals surface area (Å²) in [5.74, 6) is 0.529. The summed E-state index contributed by atoms with van der Waals surface area (Å²) in [6.45, 7) is 0.399. The second kappa shape index (κ2) is 6.62. The average molecular weight is 325 g/mol. The molecule has 0 bridgehead atoms. The van der Waals surface area contributed by atoms with Gasteiger partial charge in [-0.15, -0.1) is 0 Å². The topological polar surface area (TPSA) is 55.4 Å². The number of carbonyl (C=O) groups is 1. The molecule has 4 nitrogen and oxygen atoms in total. The zero-order chi connectivity index (χ0) is 16.2. The van der Waals surface area contributed by atoms with Gasteiger partial charge in [-0.2, -0.15) is 0 Å². The molecule has 5 heteroatoms. The molecule has 23 heavy (non-hydrogen) atoms. The van der Waals surface area contributed by atoms with Crippen LogP contribution in [0, 0.1) is 0 Å². The molecule has 3 rings (SSSR count). The van der Waals surface area contributed by atoms with Crippen LogP contribution >= 0.6 is 11.3 Å². The molecule has 0 radical (unpaired) electrons. The van der Waals surface area contributed by atoms with Crippen LogP contribution < -0.4 is 14.8 Å². The van der Waals surface area contributed by atoms with Crippen molar-refractivity contribution in [1.82, 2.24) is 5.32 Å². The minimum atomic E-state index is -0.242. The van der Waals surface area contributed by atoms with Gasteiger partial charge in [0, 0.05) is 11.9 Å². The van der Waals surface area contributed by atoms with E-state index in [0.717, 1.165) is 28.0 Å². The van der Waals surface area contributed by atoms with E-state index in [0.29, 0.717) is 16.8 Å². The zero-order valence-corrected chi connectivity index (χ0v) is 13.4. The van der Waals surface area contributed by atoms with Crippen molar-refractivity contribution >= 4 is 28.0 Å². The summed E-state index contributed by atoms with van der Waals surface area (Å²) in [6.07, 6.45) is 0. The van der Waals surface area contributed by atoms with Crippen LogP contribution in [0.4, 0.5) is 0 Å². The maximum absolute atomic E-state index is 12.3. The minimum Gasteiger partial charge on any atom is -0.497 e. The van der Waals surface area contributed by atoms with Crippen LogP contribution in [0.1, 0.15) is 15.2 Å². The minimum absolute atomic E-state index is 0.0994. The molecule has 0 saturated carbocycles. The van der Waals surface area contributed by atoms with E-state index in [-0.39, 0.29) is 10.6 Å². The Labute approximate surface area is 137 Å². The molecular formula is C18H15NO3S. The van der Waals surface area contributed by atoms with Gasteiger partial charge < -0.3 is 10.1 Å². The molecular weight excluding hydrogens is 310 g/mol. The number of nitrogens with one attached hydrogen (secondary N) is 1. The predicted octanol–water partition coefficient (Wildman–Crippen LogP) is 3.20. The molecule has 0 aliphatic rings. The van der Waals surface area contributed by atoms with Gasteiger partial charge >= 0.3 is 0 Å². The van der Waals surface area contributed by atoms with E-state index in [4.69, 9.17) is 4.74 Å². The van der Waals surface area contributed by atoms with E-state index in [2.05, 4.69) is 5.32 Å². The highest BCUT2D eigenvalue weighted by molar-refractivity contribution is 7.12. The molecule has 0 aliphatic carbocycles. The Balaban J connectivity index is 1.76. The van der Waals surface area contributed by atoms with Crippen molar-refractivity contribution < 1.29 is 9.53 Å². The zero-order valence-electron chi connectivity index (χ0n) is 12.5. The first-order valence-corrected chi connectivity index (χ1v) is 7.93. The smallest absolute Gasteiger partial charge is 0.261 e. The first kappa shape index (κ1) is 15.2. The van der Waals surface area contributed by atoms with Crippen LogP contribution in [0.3, 0.4) is 0 Å². The number of hydrogen-bond donors (Lipinski definition) is 1. The molecule has 116 valence electrons. The third-order valence-electron chi connectivity index (χ3n) is 3.51. The van der Waals surface area contributed by atoms with Crippen molar-refractivity contribution in [2.24, 2.45) is 0 Å². The molecule has 1 aromatic heterocycles. The lowest BCUT2D eigenvalue weighted by atomic mass is 10.2. The number of hydrogen-bond acceptors (Lipinski definition) is 4. The van der Waals surface area contributed by atoms with E-state index >= 15 is 0 Å². The van der Waals surface area contributed by atoms with Crippen LogP contribution in [-0.4, -0.2) is 13.0 Å². The van der Waals surface area contributed by atoms with E-state index < -0.39 is 0 Å². The van der Waals surface area contributed by atoms with Crippen molar-refractivity contribution in [2.45, 2.75) is 6.54 Å². The highest BCUT2D eigenvalue weighted by Crippen LogP contribution is 2.15. The third-order valence-corrected chi connectivity index (χ3v) is 4.43. The number of carbonyl (C=O) groups excluding carboxylic acids is 1. The molecule has 0 saturated heterocycles. The van der Waals surface area contributed by atoms with Crippen molar-refractivity contribution in [2.75, 3.05) is 7.11 Å². The number of benzene rings is 2. The van der Waals surface area contributed by atoms with Gasteiger partial charge in [0.2, 0.25) is 4.74 Å². The fraction of sp³-hybridized carbons (Fsp3) is 0.111. The number of ether oxygens (including phenoxy) is 1. The fourth-order valence-electron chi connectivity index (χ4n) is 2.26. The molecule has 0 unspecified atom stereocenters. The van der Waals surface area contributed by atoms with E-state index in [1.54, 1.807) is 19.2 Å². The normalized spacial score (nSPS) is 10.5. The standard InChI is InChI=1S/C18H15NO3S/c1-22-14-8-6-12(7-9-14)11-19-17(20)16-10-13-4-2-3-5-15(13)18(21)23-16/h2-10H,11H2,1H3,(H,19,20). The Bertz CT molecular complexity index is 900. The lowest BCUT2D eigenvalue weighted by molar-refractivity contribution is 0.0955. The second-order valence-corrected chi connectivity index (χ2v) is 6.03. The lowest BCUT2D eigenvalue weighted by Gasteiger charge is -2.06. The number of methoxy groups -OCH3 is 1. The van der Waals surface area contributed by atoms with Gasteiger partial charge in [-0.05, 0) is 35.2 Å². The predicted molar refractivity (Wildman–Crippen MR) is 92.3 cm³/mol. The monoisotopic (exact) mass is 325 g/mol. The molecule has 0 spiro atoms. The van der Waals surface area contributed by atoms with E-state index in [1.165, 1.54) is 0 Å². The first-order valence-electron chi connectivity index (χ1n) is 7.11. The summed E-state index contributed by atoms with van der Waals surface area (Å²) in [4.78, 5) is 24.8. The van der Waals surface area contributed by atoms with Crippen molar-refractivity contribution in [1.29, 1.82) is 0 Å². The number of fused-ring (bicyclic) bond motifs is 1. The lowest BCUT2D eigenvalue weighted by Crippen LogP contribution is -2.22. The summed E-state index contributed by atoms with van der Waals surface area (Å²) in [5, 5.41) is 4.26. The quantitative estimate of drug-likeness (QED) is 0.801. The SMILES string of the molecule is COc1ccc(CNC(=O)c2cc3ccccc3c(=O)s2)cc1. The van der Waals surface area contributed by atoms with E-state index in [1.807, 2.05) is 42.5 Å². The van der Waals surface area contributed by atoms with Gasteiger partial charge in [-0.25, -0.2) is 0 Å². The van der Waals surface area contributed by atoms with Gasteiger partial charge in [0.1, 0.15) is 5.75 Å². The van der Waals surface area contributed by atoms with Crippen LogP contribution in [0.2, 0.25) is 0 Å². The maximum Gasteiger partial charge on any atom is 0.261 e. The Morgan fingerprint density at radius 3 is 2.61 bits per heavy atom. The molecule has 1 heterocycles. The fourth-order valence-corrected chi connectivity index (χ4v) is 3.11. The Morgan fingerprint density at radius 2 is 1.87 bits per heavy atom. The van der Waals surface area contributed by atoms with Crippen LogP contribution in [0.15, 0.2) is 59.4 Å². The van der Waals surface area contributed by atoms with Gasteiger partial charge in [0.05, 0.1) is 12.0 Å². The highest BCUT2D eigenvalue weighted by atomic mass is 32.1. The molecule has 2 aromatic carbocycles. The largest absolute Gasteiger partial charge is 0.497 e. The van der Waals surface area contributed by atoms with Crippen molar-refractivity contribution in [3.63, 3.8) is 0 Å². The summed E-state index contributed by atoms with van der Waals surface area (Å²) >= 11 is 0.969. The van der Waals surface area contributed by atoms with Crippen molar-refractivity contribution in [3.05, 3.63) is 74.6 Å². The molecule has 0 fully saturated rings. The van der Waals surface area contributed by atoms with Crippen LogP contribution in [0.25, 0.3) is 10.8 Å². The van der Waals surface area contributed by atoms with Crippen molar-refractivity contribution in [3.8, 4) is 5.75 Å². The second-order valence-electron chi connectivity index (χ2n) is 5.02. The van der Waals surface area contributed by atoms with Crippen LogP contribution in [0.5, 0.6) is 5.75 Å². The first-order chi connectivity index (χ1) is 11.2. The number of amides is 1. The highest BCUT2D eigenvalue weighted by Gasteiger charge is 2.10. The Kier molecular flexibility index (Phi) is 4.39. The average Bonchev–Trinajstić information content (AvgIpc) is 2.60. The van der Waals surface area contributed by atoms with Gasteiger partial charge in [-0.3, -0.25) is 9.59 Å². The maximum atomic E-state index is 12.3. The number of rotatable bonds is 4. The summed E-state index contributed by atoms with van der Waals surface area (Å²) < 4.78 is 5.00. The Morgan fingerprint density at radius 1 is 1.13 bits per heavy atom. The molecule has 1 N–H and O–H groups in total. The summed E-state index contributed by atoms with van der Waals surface area (Å²) in [7, 11) is 1.61. The van der Waals surface area contributed by atoms with Gasteiger partial charge in [0.15, 0.2) is 0 Å². The third kappa shape index (κ3) is 3.40. The molecule has 3 aromatic rings. The summed E-state index contributed by atoms with van der Waals surface area (Å²) in [6, 6.07) is 16.5. The Hall–Kier alpha value is -2.66. The van der Waals surface area contributed by atoms with Crippen LogP contribution in [-0.2, 0) is 6.54 Å². The molecule has 1 amide bonds. The van der Waals surface area contributed by atoms with Gasteiger partial charge in [0.25, 0.3) is 5.91 Å². The van der Waals surface area contributed by atoms with Gasteiger partial charge in [-0.1, -0.05) is 41.7 Å². The molecule has 0 aliphatic heterocycles. The summed E-state index contributed by atoms with van der Waals surface area (Å²) in [5.41, 5.74) is 0.965.